The molecule has 1 aliphatic heterocycles. The van der Waals surface area contributed by atoms with E-state index >= 15 is 0 Å². The first-order valence-electron chi connectivity index (χ1n) is 12.2. The molecule has 0 aliphatic carbocycles. The molecule has 1 aromatic heterocycles. The molecule has 39 heavy (non-hydrogen) atoms. The van der Waals surface area contributed by atoms with Crippen LogP contribution in [0.2, 0.25) is 5.02 Å². The van der Waals surface area contributed by atoms with Crippen LogP contribution >= 0.6 is 11.6 Å². The van der Waals surface area contributed by atoms with Crippen molar-refractivity contribution in [2.24, 2.45) is 0 Å². The third kappa shape index (κ3) is 7.95. The van der Waals surface area contributed by atoms with Gasteiger partial charge in [0.2, 0.25) is 0 Å². The van der Waals surface area contributed by atoms with Gasteiger partial charge in [0, 0.05) is 42.8 Å². The van der Waals surface area contributed by atoms with Gasteiger partial charge in [0.1, 0.15) is 11.6 Å². The number of ether oxygens (including phenoxy) is 1. The fraction of sp³-hybridized carbons (Fsp3) is 0.357. The molecule has 1 saturated heterocycles. The number of benzene rings is 2. The molecule has 2 heterocycles. The first-order valence-corrected chi connectivity index (χ1v) is 12.6. The minimum Gasteiger partial charge on any atom is -0.378 e. The summed E-state index contributed by atoms with van der Waals surface area (Å²) >= 11 is 5.69. The summed E-state index contributed by atoms with van der Waals surface area (Å²) in [5, 5.41) is -0.382. The van der Waals surface area contributed by atoms with Gasteiger partial charge in [-0.2, -0.15) is 22.8 Å². The Morgan fingerprint density at radius 2 is 1.69 bits per heavy atom. The largest absolute Gasteiger partial charge is 0.417 e. The molecule has 2 aromatic carbocycles. The highest BCUT2D eigenvalue weighted by Gasteiger charge is 2.33. The lowest BCUT2D eigenvalue weighted by atomic mass is 9.99. The average Bonchev–Trinajstić information content (AvgIpc) is 2.90. The third-order valence-electron chi connectivity index (χ3n) is 6.19. The highest BCUT2D eigenvalue weighted by molar-refractivity contribution is 6.31. The Labute approximate surface area is 229 Å². The number of morpholine rings is 1. The van der Waals surface area contributed by atoms with Gasteiger partial charge < -0.3 is 9.64 Å². The summed E-state index contributed by atoms with van der Waals surface area (Å²) < 4.78 is 44.9. The number of hydrogen-bond acceptors (Lipinski definition) is 7. The van der Waals surface area contributed by atoms with E-state index in [0.717, 1.165) is 53.8 Å². The summed E-state index contributed by atoms with van der Waals surface area (Å²) in [6.45, 7) is 6.90. The van der Waals surface area contributed by atoms with Gasteiger partial charge in [0.15, 0.2) is 5.82 Å². The second-order valence-corrected chi connectivity index (χ2v) is 9.29. The number of aryl methyl sites for hydroxylation is 1. The second kappa shape index (κ2) is 13.5. The van der Waals surface area contributed by atoms with Crippen molar-refractivity contribution < 1.29 is 32.3 Å². The molecule has 206 valence electrons. The molecule has 0 unspecified atom stereocenters. The monoisotopic (exact) mass is 561 g/mol. The normalized spacial score (nSPS) is 13.3. The van der Waals surface area contributed by atoms with Crippen LogP contribution in [0.3, 0.4) is 0 Å². The lowest BCUT2D eigenvalue weighted by Gasteiger charge is -2.29. The molecule has 11 heteroatoms. The lowest BCUT2D eigenvalue weighted by molar-refractivity contribution is -0.191. The van der Waals surface area contributed by atoms with Crippen molar-refractivity contribution >= 4 is 29.4 Å². The van der Waals surface area contributed by atoms with Crippen LogP contribution in [0.15, 0.2) is 42.5 Å². The van der Waals surface area contributed by atoms with Crippen molar-refractivity contribution in [3.8, 4) is 11.4 Å². The number of Topliss-reactive ketones (excluding diaryl/α,β-unsaturated/α-hetero) is 1. The zero-order valence-corrected chi connectivity index (χ0v) is 22.2. The van der Waals surface area contributed by atoms with Crippen molar-refractivity contribution in [2.45, 2.75) is 39.3 Å². The zero-order valence-electron chi connectivity index (χ0n) is 21.5. The maximum atomic E-state index is 13.2. The minimum atomic E-state index is -4.57. The van der Waals surface area contributed by atoms with Crippen LogP contribution < -0.4 is 4.90 Å². The number of ketones is 1. The first kappa shape index (κ1) is 30.0. The molecular weight excluding hydrogens is 535 g/mol. The lowest BCUT2D eigenvalue weighted by Crippen LogP contribution is -2.37. The van der Waals surface area contributed by atoms with Crippen LogP contribution in [0.25, 0.3) is 11.4 Å². The zero-order chi connectivity index (χ0) is 28.6. The van der Waals surface area contributed by atoms with Gasteiger partial charge >= 0.3 is 12.3 Å². The van der Waals surface area contributed by atoms with Gasteiger partial charge in [-0.25, -0.2) is 9.97 Å². The summed E-state index contributed by atoms with van der Waals surface area (Å²) in [6.07, 6.45) is -3.60. The molecule has 7 nitrogen and oxygen atoms in total. The predicted octanol–water partition coefficient (Wildman–Crippen LogP) is 5.29. The van der Waals surface area contributed by atoms with E-state index in [1.54, 1.807) is 0 Å². The van der Waals surface area contributed by atoms with E-state index in [-0.39, 0.29) is 35.4 Å². The van der Waals surface area contributed by atoms with Gasteiger partial charge in [-0.3, -0.25) is 4.79 Å². The van der Waals surface area contributed by atoms with Crippen LogP contribution in [0.5, 0.6) is 0 Å². The van der Waals surface area contributed by atoms with E-state index in [1.807, 2.05) is 31.2 Å². The summed E-state index contributed by atoms with van der Waals surface area (Å²) in [5.74, 6) is 1.28. The molecule has 4 rings (SSSR count). The number of hydrogen-bond donors (Lipinski definition) is 0. The minimum absolute atomic E-state index is 0.0840. The Morgan fingerprint density at radius 1 is 1.05 bits per heavy atom. The van der Waals surface area contributed by atoms with Crippen LogP contribution in [0.1, 0.15) is 34.9 Å². The van der Waals surface area contributed by atoms with E-state index in [0.29, 0.717) is 19.0 Å². The topological polar surface area (TPSA) is 89.5 Å². The van der Waals surface area contributed by atoms with Crippen molar-refractivity contribution in [2.75, 3.05) is 31.2 Å². The molecule has 3 aromatic rings. The number of alkyl halides is 3. The van der Waals surface area contributed by atoms with Crippen LogP contribution in [0.4, 0.5) is 19.0 Å². The van der Waals surface area contributed by atoms with E-state index < -0.39 is 11.7 Å². The number of nitrogens with zero attached hydrogens (tertiary/aromatic N) is 3. The number of aromatic nitrogens is 2. The molecular formula is C28H27ClF3N3O4. The first-order chi connectivity index (χ1) is 18.6. The summed E-state index contributed by atoms with van der Waals surface area (Å²) in [4.78, 5) is 40.8. The molecule has 0 radical (unpaired) electrons. The quantitative estimate of drug-likeness (QED) is 0.387. The van der Waals surface area contributed by atoms with Crippen LogP contribution in [-0.2, 0) is 44.6 Å². The van der Waals surface area contributed by atoms with E-state index in [4.69, 9.17) is 35.9 Å². The number of anilines is 1. The van der Waals surface area contributed by atoms with E-state index in [9.17, 15) is 18.0 Å². The number of carbonyl (C=O) groups excluding carboxylic acids is 3. The Balaban J connectivity index is 0.00000134. The SMILES string of the molecule is CCc1nc(-c2cccc(CC(=O)Cc3ccc(Cl)c(C(F)(F)F)c3)c2)nc(N2CCOCC2)c1C.O=C=O. The van der Waals surface area contributed by atoms with Gasteiger partial charge in [-0.05, 0) is 42.7 Å². The highest BCUT2D eigenvalue weighted by atomic mass is 35.5. The summed E-state index contributed by atoms with van der Waals surface area (Å²) in [6, 6.07) is 11.0. The molecule has 0 bridgehead atoms. The summed E-state index contributed by atoms with van der Waals surface area (Å²) in [7, 11) is 0. The van der Waals surface area contributed by atoms with Crippen LogP contribution in [-0.4, -0.2) is 48.2 Å². The maximum Gasteiger partial charge on any atom is 0.417 e. The molecule has 0 N–H and O–H groups in total. The van der Waals surface area contributed by atoms with Gasteiger partial charge in [-0.15, -0.1) is 0 Å². The Morgan fingerprint density at radius 3 is 2.31 bits per heavy atom. The highest BCUT2D eigenvalue weighted by Crippen LogP contribution is 2.35. The molecule has 1 fully saturated rings. The van der Waals surface area contributed by atoms with Crippen molar-refractivity contribution in [3.05, 3.63) is 75.4 Å². The Hall–Kier alpha value is -3.59. The number of halogens is 4. The summed E-state index contributed by atoms with van der Waals surface area (Å²) in [5.41, 5.74) is 2.89. The Bertz CT molecular complexity index is 1350. The Kier molecular flexibility index (Phi) is 10.3. The molecule has 1 aliphatic rings. The van der Waals surface area contributed by atoms with Crippen molar-refractivity contribution in [1.82, 2.24) is 9.97 Å². The second-order valence-electron chi connectivity index (χ2n) is 8.88. The van der Waals surface area contributed by atoms with E-state index in [1.165, 1.54) is 12.1 Å². The fourth-order valence-electron chi connectivity index (χ4n) is 4.34. The van der Waals surface area contributed by atoms with Gasteiger partial charge in [0.25, 0.3) is 0 Å². The fourth-order valence-corrected chi connectivity index (χ4v) is 4.57. The van der Waals surface area contributed by atoms with E-state index in [2.05, 4.69) is 11.8 Å². The van der Waals surface area contributed by atoms with Crippen molar-refractivity contribution in [1.29, 1.82) is 0 Å². The third-order valence-corrected chi connectivity index (χ3v) is 6.52. The standard InChI is InChI=1S/C27H27ClF3N3O2.CO2/c1-3-24-17(2)26(34-9-11-36-12-10-34)33-25(32-24)20-6-4-5-18(13-20)14-21(35)15-19-7-8-23(28)22(16-19)27(29,30)31;2-1-3/h4-8,13,16H,3,9-12,14-15H2,1-2H3;. The van der Waals surface area contributed by atoms with Gasteiger partial charge in [0.05, 0.1) is 23.8 Å². The maximum absolute atomic E-state index is 13.2. The van der Waals surface area contributed by atoms with Crippen molar-refractivity contribution in [3.63, 3.8) is 0 Å². The predicted molar refractivity (Wildman–Crippen MR) is 138 cm³/mol. The molecule has 0 spiro atoms. The molecule has 0 amide bonds. The number of rotatable bonds is 7. The average molecular weight is 562 g/mol. The van der Waals surface area contributed by atoms with Gasteiger partial charge in [-0.1, -0.05) is 42.8 Å². The smallest absolute Gasteiger partial charge is 0.378 e. The van der Waals surface area contributed by atoms with Crippen LogP contribution in [0, 0.1) is 6.92 Å². The molecule has 0 atom stereocenters. The molecule has 0 saturated carbocycles. The number of carbonyl (C=O) groups is 1.